The third-order valence-electron chi connectivity index (χ3n) is 5.43. The summed E-state index contributed by atoms with van der Waals surface area (Å²) in [5, 5.41) is 2.83. The summed E-state index contributed by atoms with van der Waals surface area (Å²) in [6, 6.07) is 8.45. The number of hydrogen-bond acceptors (Lipinski definition) is 6. The summed E-state index contributed by atoms with van der Waals surface area (Å²) in [5.74, 6) is 1.21. The van der Waals surface area contributed by atoms with Crippen molar-refractivity contribution < 1.29 is 9.21 Å². The Bertz CT molecular complexity index is 748. The highest BCUT2D eigenvalue weighted by atomic mass is 16.3. The molecule has 0 bridgehead atoms. The van der Waals surface area contributed by atoms with Crippen LogP contribution < -0.4 is 21.1 Å². The minimum absolute atomic E-state index is 0.201. The lowest BCUT2D eigenvalue weighted by Gasteiger charge is -2.26. The van der Waals surface area contributed by atoms with Gasteiger partial charge in [0.2, 0.25) is 0 Å². The zero-order chi connectivity index (χ0) is 17.9. The smallest absolute Gasteiger partial charge is 0.270 e. The third-order valence-corrected chi connectivity index (χ3v) is 5.43. The Morgan fingerprint density at radius 1 is 1.38 bits per heavy atom. The van der Waals surface area contributed by atoms with E-state index < -0.39 is 0 Å². The van der Waals surface area contributed by atoms with E-state index in [1.807, 2.05) is 18.2 Å². The number of hydrazine groups is 1. The Kier molecular flexibility index (Phi) is 4.90. The van der Waals surface area contributed by atoms with Crippen LogP contribution in [-0.4, -0.2) is 36.6 Å². The minimum atomic E-state index is -0.201. The fourth-order valence-electron chi connectivity index (χ4n) is 4.00. The molecule has 0 spiro atoms. The zero-order valence-electron chi connectivity index (χ0n) is 14.9. The molecule has 0 radical (unpaired) electrons. The molecule has 2 fully saturated rings. The number of nitrogens with one attached hydrogen (secondary N) is 3. The van der Waals surface area contributed by atoms with E-state index in [0.717, 1.165) is 18.0 Å². The van der Waals surface area contributed by atoms with E-state index in [0.29, 0.717) is 30.2 Å². The van der Waals surface area contributed by atoms with Crippen molar-refractivity contribution in [1.82, 2.24) is 21.2 Å². The highest BCUT2D eigenvalue weighted by Gasteiger charge is 2.39. The number of nitrogens with zero attached hydrogens (tertiary/aromatic N) is 2. The lowest BCUT2D eigenvalue weighted by Crippen LogP contribution is -2.41. The van der Waals surface area contributed by atoms with Crippen LogP contribution >= 0.6 is 0 Å². The monoisotopic (exact) mass is 355 g/mol. The van der Waals surface area contributed by atoms with Gasteiger partial charge in [-0.15, -0.1) is 0 Å². The van der Waals surface area contributed by atoms with E-state index in [1.165, 1.54) is 19.3 Å². The van der Waals surface area contributed by atoms with Crippen molar-refractivity contribution in [3.8, 4) is 0 Å². The van der Waals surface area contributed by atoms with E-state index in [2.05, 4.69) is 33.1 Å². The predicted molar refractivity (Wildman–Crippen MR) is 98.6 cm³/mol. The van der Waals surface area contributed by atoms with E-state index >= 15 is 0 Å². The third kappa shape index (κ3) is 3.59. The van der Waals surface area contributed by atoms with Crippen molar-refractivity contribution in [2.45, 2.75) is 37.9 Å². The van der Waals surface area contributed by atoms with Gasteiger partial charge in [-0.2, -0.15) is 0 Å². The summed E-state index contributed by atoms with van der Waals surface area (Å²) in [7, 11) is 2.06. The molecule has 26 heavy (non-hydrogen) atoms. The first-order chi connectivity index (χ1) is 12.7. The molecule has 1 aliphatic carbocycles. The van der Waals surface area contributed by atoms with E-state index in [1.54, 1.807) is 18.5 Å². The van der Waals surface area contributed by atoms with Crippen LogP contribution in [0, 0.1) is 5.92 Å². The number of fused-ring (bicyclic) bond motifs is 1. The highest BCUT2D eigenvalue weighted by Crippen LogP contribution is 2.32. The van der Waals surface area contributed by atoms with Crippen molar-refractivity contribution >= 4 is 11.6 Å². The molecule has 2 aliphatic rings. The van der Waals surface area contributed by atoms with Gasteiger partial charge in [0.1, 0.15) is 11.5 Å². The molecule has 3 unspecified atom stereocenters. The largest absolute Gasteiger partial charge is 0.467 e. The summed E-state index contributed by atoms with van der Waals surface area (Å²) in [6.07, 6.45) is 7.12. The molecule has 2 aromatic rings. The van der Waals surface area contributed by atoms with Crippen LogP contribution in [0.5, 0.6) is 0 Å². The number of pyridine rings is 1. The SMILES string of the molecule is CN(CC1NNC2CCCC21)c1ccnc(C(=O)NCc2ccco2)c1. The van der Waals surface area contributed by atoms with Gasteiger partial charge in [-0.3, -0.25) is 20.6 Å². The Labute approximate surface area is 153 Å². The molecule has 3 atom stereocenters. The number of carbonyl (C=O) groups is 1. The van der Waals surface area contributed by atoms with Gasteiger partial charge >= 0.3 is 0 Å². The van der Waals surface area contributed by atoms with Crippen molar-refractivity contribution in [3.63, 3.8) is 0 Å². The molecule has 7 heteroatoms. The molecular formula is C19H25N5O2. The second kappa shape index (κ2) is 7.47. The first kappa shape index (κ1) is 17.1. The highest BCUT2D eigenvalue weighted by molar-refractivity contribution is 5.93. The number of carbonyl (C=O) groups excluding carboxylic acids is 1. The Hall–Kier alpha value is -2.38. The average Bonchev–Trinajstić information content (AvgIpc) is 3.39. The summed E-state index contributed by atoms with van der Waals surface area (Å²) >= 11 is 0. The van der Waals surface area contributed by atoms with E-state index in [9.17, 15) is 4.79 Å². The van der Waals surface area contributed by atoms with Gasteiger partial charge in [-0.05, 0) is 43.0 Å². The number of rotatable bonds is 6. The second-order valence-electron chi connectivity index (χ2n) is 7.14. The number of aromatic nitrogens is 1. The van der Waals surface area contributed by atoms with E-state index in [-0.39, 0.29) is 5.91 Å². The lowest BCUT2D eigenvalue weighted by molar-refractivity contribution is 0.0943. The molecule has 4 rings (SSSR count). The molecule has 3 N–H and O–H groups in total. The Morgan fingerprint density at radius 2 is 2.31 bits per heavy atom. The van der Waals surface area contributed by atoms with Crippen molar-refractivity contribution in [3.05, 3.63) is 48.2 Å². The molecule has 1 saturated heterocycles. The maximum atomic E-state index is 12.4. The molecule has 1 aliphatic heterocycles. The zero-order valence-corrected chi connectivity index (χ0v) is 14.9. The predicted octanol–water partition coefficient (Wildman–Crippen LogP) is 1.69. The van der Waals surface area contributed by atoms with Crippen LogP contribution in [0.1, 0.15) is 35.5 Å². The quantitative estimate of drug-likeness (QED) is 0.731. The first-order valence-electron chi connectivity index (χ1n) is 9.19. The molecule has 2 aromatic heterocycles. The van der Waals surface area contributed by atoms with E-state index in [4.69, 9.17) is 4.42 Å². The number of hydrogen-bond donors (Lipinski definition) is 3. The standard InChI is InChI=1S/C19H25N5O2/c1-24(12-18-15-5-2-6-16(15)22-23-18)13-7-8-20-17(10-13)19(25)21-11-14-4-3-9-26-14/h3-4,7-10,15-16,18,22-23H,2,5-6,11-12H2,1H3,(H,21,25). The number of furan rings is 1. The number of likely N-dealkylation sites (N-methyl/N-ethyl adjacent to an activating group) is 1. The fraction of sp³-hybridized carbons (Fsp3) is 0.474. The van der Waals surface area contributed by atoms with Gasteiger partial charge in [-0.25, -0.2) is 0 Å². The van der Waals surface area contributed by atoms with Crippen molar-refractivity contribution in [1.29, 1.82) is 0 Å². The van der Waals surface area contributed by atoms with Gasteiger partial charge < -0.3 is 14.6 Å². The lowest BCUT2D eigenvalue weighted by atomic mass is 9.97. The van der Waals surface area contributed by atoms with Gasteiger partial charge in [0.15, 0.2) is 0 Å². The van der Waals surface area contributed by atoms with Crippen molar-refractivity contribution in [2.24, 2.45) is 5.92 Å². The van der Waals surface area contributed by atoms with Crippen LogP contribution in [0.3, 0.4) is 0 Å². The molecule has 3 heterocycles. The minimum Gasteiger partial charge on any atom is -0.467 e. The Balaban J connectivity index is 1.37. The van der Waals surface area contributed by atoms with Crippen LogP contribution in [-0.2, 0) is 6.54 Å². The molecule has 0 aromatic carbocycles. The first-order valence-corrected chi connectivity index (χ1v) is 9.19. The fourth-order valence-corrected chi connectivity index (χ4v) is 4.00. The summed E-state index contributed by atoms with van der Waals surface area (Å²) in [6.45, 7) is 1.25. The summed E-state index contributed by atoms with van der Waals surface area (Å²) in [5.41, 5.74) is 8.26. The number of amides is 1. The molecule has 1 amide bonds. The molecular weight excluding hydrogens is 330 g/mol. The van der Waals surface area contributed by atoms with Crippen LogP contribution in [0.4, 0.5) is 5.69 Å². The van der Waals surface area contributed by atoms with Crippen LogP contribution in [0.25, 0.3) is 0 Å². The summed E-state index contributed by atoms with van der Waals surface area (Å²) in [4.78, 5) is 18.7. The maximum absolute atomic E-state index is 12.4. The number of anilines is 1. The van der Waals surface area contributed by atoms with Gasteiger partial charge in [0.25, 0.3) is 5.91 Å². The topological polar surface area (TPSA) is 82.4 Å². The maximum Gasteiger partial charge on any atom is 0.270 e. The average molecular weight is 355 g/mol. The normalized spacial score (nSPS) is 24.4. The second-order valence-corrected chi connectivity index (χ2v) is 7.14. The molecule has 7 nitrogen and oxygen atoms in total. The van der Waals surface area contributed by atoms with Gasteiger partial charge in [0, 0.05) is 37.6 Å². The van der Waals surface area contributed by atoms with Crippen LogP contribution in [0.15, 0.2) is 41.1 Å². The van der Waals surface area contributed by atoms with Gasteiger partial charge in [0.05, 0.1) is 12.8 Å². The summed E-state index contributed by atoms with van der Waals surface area (Å²) < 4.78 is 5.23. The van der Waals surface area contributed by atoms with Crippen LogP contribution in [0.2, 0.25) is 0 Å². The van der Waals surface area contributed by atoms with Crippen molar-refractivity contribution in [2.75, 3.05) is 18.5 Å². The van der Waals surface area contributed by atoms with Gasteiger partial charge in [-0.1, -0.05) is 6.42 Å². The molecule has 1 saturated carbocycles. The molecule has 138 valence electrons. The Morgan fingerprint density at radius 3 is 3.15 bits per heavy atom.